The van der Waals surface area contributed by atoms with Gasteiger partial charge in [-0.3, -0.25) is 0 Å². The second kappa shape index (κ2) is 7.84. The molecular weight excluding hydrogens is 435 g/mol. The molecule has 4 aromatic rings. The summed E-state index contributed by atoms with van der Waals surface area (Å²) in [6, 6.07) is 25.4. The Morgan fingerprint density at radius 2 is 1.20 bits per heavy atom. The van der Waals surface area contributed by atoms with Crippen molar-refractivity contribution < 1.29 is 9.76 Å². The summed E-state index contributed by atoms with van der Waals surface area (Å²) in [5.41, 5.74) is 1.71. The molecule has 0 bridgehead atoms. The summed E-state index contributed by atoms with van der Waals surface area (Å²) in [6.45, 7) is 7.32. The summed E-state index contributed by atoms with van der Waals surface area (Å²) in [4.78, 5) is 0. The molecule has 30 heavy (non-hydrogen) atoms. The first-order valence-electron chi connectivity index (χ1n) is 10.1. The molecule has 0 saturated heterocycles. The van der Waals surface area contributed by atoms with E-state index in [1.807, 2.05) is 19.9 Å². The Morgan fingerprint density at radius 1 is 0.700 bits per heavy atom. The second-order valence-corrected chi connectivity index (χ2v) is 9.55. The largest absolute Gasteiger partial charge is 0.427 e. The Balaban J connectivity index is 1.82. The maximum absolute atomic E-state index is 10.4. The van der Waals surface area contributed by atoms with Crippen molar-refractivity contribution in [3.8, 4) is 11.1 Å². The molecule has 151 valence electrons. The fourth-order valence-electron chi connectivity index (χ4n) is 3.51. The topological polar surface area (TPSA) is 29.5 Å². The van der Waals surface area contributed by atoms with Crippen LogP contribution in [-0.2, 0) is 4.65 Å². The van der Waals surface area contributed by atoms with Crippen molar-refractivity contribution in [2.75, 3.05) is 0 Å². The molecule has 1 N–H and O–H groups in total. The van der Waals surface area contributed by atoms with Gasteiger partial charge in [-0.15, -0.1) is 0 Å². The van der Waals surface area contributed by atoms with Gasteiger partial charge in [-0.05, 0) is 71.9 Å². The first-order valence-corrected chi connectivity index (χ1v) is 10.9. The van der Waals surface area contributed by atoms with E-state index in [0.29, 0.717) is 0 Å². The summed E-state index contributed by atoms with van der Waals surface area (Å²) in [5, 5.41) is 15.1. The fourth-order valence-corrected chi connectivity index (χ4v) is 3.99. The quantitative estimate of drug-likeness (QED) is 0.358. The van der Waals surface area contributed by atoms with Crippen LogP contribution < -0.4 is 5.46 Å². The van der Waals surface area contributed by atoms with Crippen LogP contribution in [0, 0.1) is 0 Å². The van der Waals surface area contributed by atoms with E-state index >= 15 is 0 Å². The van der Waals surface area contributed by atoms with Gasteiger partial charge >= 0.3 is 7.48 Å². The normalized spacial score (nSPS) is 12.5. The van der Waals surface area contributed by atoms with Crippen LogP contribution in [0.3, 0.4) is 0 Å². The zero-order valence-corrected chi connectivity index (χ0v) is 19.3. The molecule has 0 atom stereocenters. The predicted octanol–water partition coefficient (Wildman–Crippen LogP) is 6.23. The summed E-state index contributed by atoms with van der Waals surface area (Å²) in [5.74, 6) is 0. The molecule has 0 unspecified atom stereocenters. The van der Waals surface area contributed by atoms with E-state index in [-0.39, 0.29) is 0 Å². The van der Waals surface area contributed by atoms with Gasteiger partial charge in [0.05, 0.1) is 11.2 Å². The number of halogens is 1. The maximum Gasteiger partial charge on any atom is 0.331 e. The van der Waals surface area contributed by atoms with Crippen LogP contribution in [0.2, 0.25) is 0 Å². The van der Waals surface area contributed by atoms with Crippen LogP contribution in [0.1, 0.15) is 27.7 Å². The third kappa shape index (κ3) is 3.80. The van der Waals surface area contributed by atoms with E-state index in [4.69, 9.17) is 4.65 Å². The molecule has 4 rings (SSSR count). The lowest BCUT2D eigenvalue weighted by Gasteiger charge is -2.37. The van der Waals surface area contributed by atoms with Crippen LogP contribution in [0.5, 0.6) is 0 Å². The smallest absolute Gasteiger partial charge is 0.331 e. The Morgan fingerprint density at radius 3 is 1.80 bits per heavy atom. The van der Waals surface area contributed by atoms with Crippen molar-refractivity contribution in [3.05, 3.63) is 77.3 Å². The average Bonchev–Trinajstić information content (AvgIpc) is 2.72. The standard InChI is InChI=1S/C26H25BBrO2/c1-25(2,29)26(3,4)30-27-23-15-13-19(17-9-5-7-11-21(17)23)20-14-16-24(28)22-12-8-6-10-18(20)22/h5-16,29H,1-4H3. The summed E-state index contributed by atoms with van der Waals surface area (Å²) in [7, 11) is 1.77. The fraction of sp³-hybridized carbons (Fsp3) is 0.231. The molecule has 1 radical (unpaired) electrons. The van der Waals surface area contributed by atoms with Crippen molar-refractivity contribution in [1.29, 1.82) is 0 Å². The molecule has 0 amide bonds. The highest BCUT2D eigenvalue weighted by Gasteiger charge is 2.35. The highest BCUT2D eigenvalue weighted by atomic mass is 79.9. The number of fused-ring (bicyclic) bond motifs is 2. The first kappa shape index (κ1) is 21.1. The van der Waals surface area contributed by atoms with E-state index in [1.54, 1.807) is 21.3 Å². The Labute approximate surface area is 187 Å². The van der Waals surface area contributed by atoms with Gasteiger partial charge in [0, 0.05) is 4.47 Å². The van der Waals surface area contributed by atoms with E-state index in [2.05, 4.69) is 82.7 Å². The third-order valence-electron chi connectivity index (χ3n) is 6.07. The van der Waals surface area contributed by atoms with Gasteiger partial charge in [0.25, 0.3) is 0 Å². The maximum atomic E-state index is 10.4. The van der Waals surface area contributed by atoms with Crippen LogP contribution >= 0.6 is 15.9 Å². The highest BCUT2D eigenvalue weighted by Crippen LogP contribution is 2.36. The zero-order valence-electron chi connectivity index (χ0n) is 17.7. The van der Waals surface area contributed by atoms with Gasteiger partial charge in [0.2, 0.25) is 0 Å². The lowest BCUT2D eigenvalue weighted by atomic mass is 9.79. The lowest BCUT2D eigenvalue weighted by molar-refractivity contribution is -0.0893. The molecule has 0 fully saturated rings. The Kier molecular flexibility index (Phi) is 5.52. The zero-order chi connectivity index (χ0) is 21.5. The van der Waals surface area contributed by atoms with E-state index in [9.17, 15) is 5.11 Å². The molecule has 0 aliphatic heterocycles. The summed E-state index contributed by atoms with van der Waals surface area (Å²) in [6.07, 6.45) is 0. The van der Waals surface area contributed by atoms with Gasteiger partial charge in [0.1, 0.15) is 0 Å². The number of aliphatic hydroxyl groups is 1. The minimum absolute atomic E-state index is 0.714. The predicted molar refractivity (Wildman–Crippen MR) is 131 cm³/mol. The Hall–Kier alpha value is -2.14. The molecule has 0 aliphatic carbocycles. The molecule has 0 aromatic heterocycles. The van der Waals surface area contributed by atoms with Crippen LogP contribution in [-0.4, -0.2) is 23.8 Å². The molecule has 4 aromatic carbocycles. The number of rotatable bonds is 5. The number of benzene rings is 4. The Bertz CT molecular complexity index is 1220. The van der Waals surface area contributed by atoms with Crippen molar-refractivity contribution in [2.24, 2.45) is 0 Å². The van der Waals surface area contributed by atoms with Gasteiger partial charge < -0.3 is 9.76 Å². The molecule has 0 aliphatic rings. The van der Waals surface area contributed by atoms with Crippen LogP contribution in [0.4, 0.5) is 0 Å². The minimum atomic E-state index is -0.963. The monoisotopic (exact) mass is 459 g/mol. The van der Waals surface area contributed by atoms with Crippen molar-refractivity contribution in [2.45, 2.75) is 38.9 Å². The first-order chi connectivity index (χ1) is 14.2. The number of hydrogen-bond acceptors (Lipinski definition) is 2. The van der Waals surface area contributed by atoms with Gasteiger partial charge in [-0.2, -0.15) is 0 Å². The molecule has 4 heteroatoms. The molecular formula is C26H25BBrO2. The molecule has 2 nitrogen and oxygen atoms in total. The summed E-state index contributed by atoms with van der Waals surface area (Å²) >= 11 is 3.68. The van der Waals surface area contributed by atoms with Crippen molar-refractivity contribution >= 4 is 50.4 Å². The van der Waals surface area contributed by atoms with E-state index in [1.165, 1.54) is 27.3 Å². The highest BCUT2D eigenvalue weighted by molar-refractivity contribution is 9.10. The average molecular weight is 460 g/mol. The van der Waals surface area contributed by atoms with Crippen LogP contribution in [0.25, 0.3) is 32.7 Å². The minimum Gasteiger partial charge on any atom is -0.427 e. The molecule has 0 heterocycles. The molecule has 0 spiro atoms. The van der Waals surface area contributed by atoms with Gasteiger partial charge in [0.15, 0.2) is 0 Å². The second-order valence-electron chi connectivity index (χ2n) is 8.69. The van der Waals surface area contributed by atoms with Crippen molar-refractivity contribution in [1.82, 2.24) is 0 Å². The van der Waals surface area contributed by atoms with E-state index in [0.717, 1.165) is 15.3 Å². The lowest BCUT2D eigenvalue weighted by Crippen LogP contribution is -2.49. The molecule has 0 saturated carbocycles. The SMILES string of the molecule is CC(C)(O)C(C)(C)O[B]c1ccc(-c2ccc(Br)c3ccccc23)c2ccccc12. The van der Waals surface area contributed by atoms with Gasteiger partial charge in [-0.1, -0.05) is 82.7 Å². The van der Waals surface area contributed by atoms with Crippen molar-refractivity contribution in [3.63, 3.8) is 0 Å². The third-order valence-corrected chi connectivity index (χ3v) is 6.76. The van der Waals surface area contributed by atoms with E-state index < -0.39 is 11.2 Å². The van der Waals surface area contributed by atoms with Crippen LogP contribution in [0.15, 0.2) is 77.3 Å². The summed E-state index contributed by atoms with van der Waals surface area (Å²) < 4.78 is 7.13. The number of hydrogen-bond donors (Lipinski definition) is 1. The van der Waals surface area contributed by atoms with Gasteiger partial charge in [-0.25, -0.2) is 0 Å².